The molecule has 2 rings (SSSR count). The quantitative estimate of drug-likeness (QED) is 0.546. The lowest BCUT2D eigenvalue weighted by Crippen LogP contribution is -1.99. The van der Waals surface area contributed by atoms with Gasteiger partial charge in [0.2, 0.25) is 9.76 Å². The van der Waals surface area contributed by atoms with Gasteiger partial charge >= 0.3 is 0 Å². The maximum atomic E-state index is 5.57. The van der Waals surface area contributed by atoms with E-state index in [-0.39, 0.29) is 0 Å². The number of aliphatic imine (C=N–C) groups is 1. The second-order valence-corrected chi connectivity index (χ2v) is 3.58. The van der Waals surface area contributed by atoms with Crippen molar-refractivity contribution in [2.24, 2.45) is 4.99 Å². The fraction of sp³-hybridized carbons (Fsp3) is 0. The van der Waals surface area contributed by atoms with Crippen molar-refractivity contribution in [1.82, 2.24) is 0 Å². The van der Waals surface area contributed by atoms with E-state index in [4.69, 9.17) is 4.43 Å². The first-order chi connectivity index (χ1) is 5.97. The fourth-order valence-electron chi connectivity index (χ4n) is 1.06. The normalized spacial score (nSPS) is 16.3. The van der Waals surface area contributed by atoms with Crippen LogP contribution in [0.3, 0.4) is 0 Å². The van der Waals surface area contributed by atoms with Gasteiger partial charge in [0.05, 0.1) is 0 Å². The molecule has 0 aliphatic carbocycles. The number of benzene rings is 1. The van der Waals surface area contributed by atoms with Crippen LogP contribution >= 0.6 is 0 Å². The molecule has 60 valence electrons. The zero-order chi connectivity index (χ0) is 8.23. The molecule has 0 fully saturated rings. The molecule has 0 spiro atoms. The Labute approximate surface area is 73.5 Å². The summed E-state index contributed by atoms with van der Waals surface area (Å²) in [5, 5.41) is 0. The minimum atomic E-state index is -0.529. The van der Waals surface area contributed by atoms with Gasteiger partial charge in [-0.05, 0) is 18.2 Å². The molecule has 0 aromatic heterocycles. The summed E-state index contributed by atoms with van der Waals surface area (Å²) in [4.78, 5) is 4.23. The Bertz CT molecular complexity index is 333. The molecule has 0 amide bonds. The Morgan fingerprint density at radius 1 is 1.25 bits per heavy atom. The van der Waals surface area contributed by atoms with Crippen molar-refractivity contribution < 1.29 is 4.43 Å². The topological polar surface area (TPSA) is 21.6 Å². The van der Waals surface area contributed by atoms with E-state index in [0.717, 1.165) is 11.4 Å². The van der Waals surface area contributed by atoms with Gasteiger partial charge in [0, 0.05) is 6.21 Å². The highest BCUT2D eigenvalue weighted by Crippen LogP contribution is 2.26. The third-order valence-electron chi connectivity index (χ3n) is 1.64. The lowest BCUT2D eigenvalue weighted by atomic mass is 10.3. The van der Waals surface area contributed by atoms with E-state index in [1.807, 2.05) is 36.6 Å². The number of para-hydroxylation sites is 2. The lowest BCUT2D eigenvalue weighted by Gasteiger charge is -2.07. The van der Waals surface area contributed by atoms with Crippen molar-refractivity contribution in [2.45, 2.75) is 0 Å². The predicted molar refractivity (Wildman–Crippen MR) is 52.9 cm³/mol. The smallest absolute Gasteiger partial charge is 0.244 e. The predicted octanol–water partition coefficient (Wildman–Crippen LogP) is 1.38. The fourth-order valence-corrected chi connectivity index (χ4v) is 1.82. The monoisotopic (exact) mass is 175 g/mol. The number of allylic oxidation sites excluding steroid dienone is 1. The highest BCUT2D eigenvalue weighted by atomic mass is 28.2. The third kappa shape index (κ3) is 1.45. The van der Waals surface area contributed by atoms with Gasteiger partial charge in [-0.15, -0.1) is 0 Å². The number of rotatable bonds is 0. The first-order valence-electron chi connectivity index (χ1n) is 3.88. The van der Waals surface area contributed by atoms with Crippen LogP contribution in [0.4, 0.5) is 5.69 Å². The number of hydrogen-bond donors (Lipinski definition) is 0. The first-order valence-corrected chi connectivity index (χ1v) is 5.27. The van der Waals surface area contributed by atoms with Crippen molar-refractivity contribution in [3.8, 4) is 5.75 Å². The Morgan fingerprint density at radius 2 is 2.17 bits per heavy atom. The van der Waals surface area contributed by atoms with E-state index in [2.05, 4.69) is 10.7 Å². The van der Waals surface area contributed by atoms with Gasteiger partial charge in [-0.2, -0.15) is 0 Å². The molecular formula is C9H9NOSi. The molecule has 1 aliphatic rings. The number of nitrogens with zero attached hydrogens (tertiary/aromatic N) is 1. The second-order valence-electron chi connectivity index (χ2n) is 2.49. The first kappa shape index (κ1) is 7.30. The van der Waals surface area contributed by atoms with Crippen LogP contribution in [0.25, 0.3) is 0 Å². The highest BCUT2D eigenvalue weighted by Gasteiger charge is 1.99. The van der Waals surface area contributed by atoms with Crippen LogP contribution in [0, 0.1) is 0 Å². The summed E-state index contributed by atoms with van der Waals surface area (Å²) in [6, 6.07) is 7.85. The van der Waals surface area contributed by atoms with Crippen LogP contribution in [0.2, 0.25) is 0 Å². The molecule has 1 aliphatic heterocycles. The largest absolute Gasteiger partial charge is 0.544 e. The summed E-state index contributed by atoms with van der Waals surface area (Å²) in [6.07, 6.45) is 3.76. The molecule has 0 saturated heterocycles. The van der Waals surface area contributed by atoms with E-state index in [1.54, 1.807) is 0 Å². The zero-order valence-corrected chi connectivity index (χ0v) is 8.02. The van der Waals surface area contributed by atoms with Crippen LogP contribution < -0.4 is 4.43 Å². The van der Waals surface area contributed by atoms with Crippen molar-refractivity contribution in [2.75, 3.05) is 0 Å². The molecule has 0 atom stereocenters. The average molecular weight is 175 g/mol. The zero-order valence-electron chi connectivity index (χ0n) is 6.60. The maximum absolute atomic E-state index is 5.57. The Kier molecular flexibility index (Phi) is 2.05. The van der Waals surface area contributed by atoms with Crippen LogP contribution in [0.5, 0.6) is 5.75 Å². The van der Waals surface area contributed by atoms with Crippen molar-refractivity contribution >= 4 is 21.7 Å². The minimum Gasteiger partial charge on any atom is -0.544 e. The molecular weight excluding hydrogens is 166 g/mol. The van der Waals surface area contributed by atoms with Gasteiger partial charge in [-0.1, -0.05) is 17.8 Å². The molecule has 0 bridgehead atoms. The summed E-state index contributed by atoms with van der Waals surface area (Å²) >= 11 is 0. The van der Waals surface area contributed by atoms with Crippen LogP contribution in [0.15, 0.2) is 41.0 Å². The molecule has 0 unspecified atom stereocenters. The summed E-state index contributed by atoms with van der Waals surface area (Å²) in [5.74, 6) is 0.907. The molecule has 3 heteroatoms. The van der Waals surface area contributed by atoms with Crippen LogP contribution in [-0.2, 0) is 0 Å². The maximum Gasteiger partial charge on any atom is 0.244 e. The molecule has 1 heterocycles. The lowest BCUT2D eigenvalue weighted by molar-refractivity contribution is 0.605. The van der Waals surface area contributed by atoms with Gasteiger partial charge in [0.25, 0.3) is 0 Å². The SMILES string of the molecule is C1=C[SiH2]Oc2ccccc2N=C1. The molecule has 0 N–H and O–H groups in total. The van der Waals surface area contributed by atoms with E-state index in [0.29, 0.717) is 0 Å². The molecule has 2 nitrogen and oxygen atoms in total. The van der Waals surface area contributed by atoms with E-state index in [1.165, 1.54) is 0 Å². The Balaban J connectivity index is 2.43. The minimum absolute atomic E-state index is 0.529. The van der Waals surface area contributed by atoms with E-state index < -0.39 is 9.76 Å². The Morgan fingerprint density at radius 3 is 3.17 bits per heavy atom. The summed E-state index contributed by atoms with van der Waals surface area (Å²) in [5.41, 5.74) is 2.99. The molecule has 1 aromatic carbocycles. The van der Waals surface area contributed by atoms with Crippen LogP contribution in [0.1, 0.15) is 0 Å². The van der Waals surface area contributed by atoms with Crippen LogP contribution in [-0.4, -0.2) is 16.0 Å². The molecule has 1 aromatic rings. The van der Waals surface area contributed by atoms with Gasteiger partial charge in [0.15, 0.2) is 0 Å². The standard InChI is InChI=1S/C9H9NOSi/c1-2-5-9-8(4-1)10-6-3-7-12-11-9/h1-7H,12H2. The van der Waals surface area contributed by atoms with Gasteiger partial charge in [0.1, 0.15) is 11.4 Å². The van der Waals surface area contributed by atoms with E-state index in [9.17, 15) is 0 Å². The third-order valence-corrected chi connectivity index (χ3v) is 2.58. The molecule has 12 heavy (non-hydrogen) atoms. The molecule has 0 radical (unpaired) electrons. The molecule has 0 saturated carbocycles. The number of hydrogen-bond acceptors (Lipinski definition) is 2. The van der Waals surface area contributed by atoms with Crippen molar-refractivity contribution in [3.05, 3.63) is 36.0 Å². The van der Waals surface area contributed by atoms with Crippen molar-refractivity contribution in [1.29, 1.82) is 0 Å². The average Bonchev–Trinajstić information content (AvgIpc) is 2.06. The number of fused-ring (bicyclic) bond motifs is 1. The summed E-state index contributed by atoms with van der Waals surface area (Å²) in [7, 11) is -0.529. The van der Waals surface area contributed by atoms with E-state index >= 15 is 0 Å². The Hall–Kier alpha value is -1.35. The summed E-state index contributed by atoms with van der Waals surface area (Å²) in [6.45, 7) is 0. The van der Waals surface area contributed by atoms with Gasteiger partial charge in [-0.25, -0.2) is 0 Å². The second kappa shape index (κ2) is 3.36. The van der Waals surface area contributed by atoms with Gasteiger partial charge in [-0.3, -0.25) is 4.99 Å². The van der Waals surface area contributed by atoms with Crippen molar-refractivity contribution in [3.63, 3.8) is 0 Å². The summed E-state index contributed by atoms with van der Waals surface area (Å²) < 4.78 is 5.57. The highest BCUT2D eigenvalue weighted by molar-refractivity contribution is 6.36. The van der Waals surface area contributed by atoms with Gasteiger partial charge < -0.3 is 4.43 Å².